The number of nitrogens with one attached hydrogen (secondary N) is 5. The smallest absolute Gasteiger partial charge is 0.262 e. The highest BCUT2D eigenvalue weighted by Gasteiger charge is 2.56. The predicted molar refractivity (Wildman–Crippen MR) is 168 cm³/mol. The molecule has 0 spiro atoms. The molecule has 1 fully saturated rings. The fourth-order valence-corrected chi connectivity index (χ4v) is 5.67. The quantitative estimate of drug-likeness (QED) is 0.149. The molecule has 2 aliphatic rings. The van der Waals surface area contributed by atoms with Gasteiger partial charge in [-0.3, -0.25) is 15.1 Å². The van der Waals surface area contributed by atoms with Crippen LogP contribution >= 0.6 is 0 Å². The summed E-state index contributed by atoms with van der Waals surface area (Å²) in [5.74, 6) is 0. The summed E-state index contributed by atoms with van der Waals surface area (Å²) >= 11 is 0. The number of aromatic nitrogens is 3. The number of H-pyrrole nitrogens is 1. The zero-order valence-corrected chi connectivity index (χ0v) is 25.5. The van der Waals surface area contributed by atoms with Crippen LogP contribution in [0.2, 0.25) is 0 Å². The number of aromatic amines is 1. The van der Waals surface area contributed by atoms with Crippen molar-refractivity contribution in [1.29, 1.82) is 10.5 Å². The first-order valence-electron chi connectivity index (χ1n) is 14.7. The zero-order valence-electron chi connectivity index (χ0n) is 25.5. The Kier molecular flexibility index (Phi) is 7.55. The molecule has 5 N–H and O–H groups in total. The lowest BCUT2D eigenvalue weighted by Crippen LogP contribution is -2.48. The fourth-order valence-electron chi connectivity index (χ4n) is 5.67. The number of hydrazine groups is 2. The molecule has 0 amide bonds. The van der Waals surface area contributed by atoms with E-state index in [1.165, 1.54) is 11.2 Å². The highest BCUT2D eigenvalue weighted by molar-refractivity contribution is 5.99. The molecule has 0 bridgehead atoms. The SMILES string of the molecule is Cc1c(-c2cn[nH]c2)cccc1[C@H](Nc1cc(C#N)c2ncc(C#N)c(NCC(C)(C)C)c2c1)C1=CN(C2(C(F)F)CC2)NN1. The number of anilines is 2. The Balaban J connectivity index is 1.48. The van der Waals surface area contributed by atoms with Gasteiger partial charge in [-0.15, -0.1) is 5.53 Å². The van der Waals surface area contributed by atoms with Gasteiger partial charge in [0.1, 0.15) is 17.7 Å². The van der Waals surface area contributed by atoms with Gasteiger partial charge in [-0.05, 0) is 54.0 Å². The summed E-state index contributed by atoms with van der Waals surface area (Å²) in [5, 5.41) is 36.1. The van der Waals surface area contributed by atoms with E-state index in [4.69, 9.17) is 0 Å². The Morgan fingerprint density at radius 1 is 1.11 bits per heavy atom. The van der Waals surface area contributed by atoms with Gasteiger partial charge in [0, 0.05) is 41.8 Å². The van der Waals surface area contributed by atoms with E-state index in [1.54, 1.807) is 18.5 Å². The van der Waals surface area contributed by atoms with Crippen molar-refractivity contribution in [2.24, 2.45) is 5.41 Å². The van der Waals surface area contributed by atoms with Crippen LogP contribution in [0.4, 0.5) is 20.2 Å². The number of halogens is 2. The molecule has 2 aromatic carbocycles. The lowest BCUT2D eigenvalue weighted by Gasteiger charge is -2.25. The Morgan fingerprint density at radius 3 is 2.53 bits per heavy atom. The summed E-state index contributed by atoms with van der Waals surface area (Å²) in [5.41, 5.74) is 11.5. The predicted octanol–water partition coefficient (Wildman–Crippen LogP) is 6.25. The van der Waals surface area contributed by atoms with E-state index in [0.29, 0.717) is 58.5 Å². The van der Waals surface area contributed by atoms with E-state index >= 15 is 0 Å². The Hall–Kier alpha value is -5.20. The topological polar surface area (TPSA) is 141 Å². The summed E-state index contributed by atoms with van der Waals surface area (Å²) < 4.78 is 28.1. The second kappa shape index (κ2) is 11.4. The largest absolute Gasteiger partial charge is 0.383 e. The number of benzene rings is 2. The van der Waals surface area contributed by atoms with Crippen LogP contribution in [0.1, 0.15) is 61.9 Å². The van der Waals surface area contributed by atoms with E-state index in [9.17, 15) is 19.3 Å². The summed E-state index contributed by atoms with van der Waals surface area (Å²) in [7, 11) is 0. The lowest BCUT2D eigenvalue weighted by atomic mass is 9.92. The molecule has 2 aromatic heterocycles. The third-order valence-electron chi connectivity index (χ3n) is 8.36. The fraction of sp³-hybridized carbons (Fsp3) is 0.333. The maximum atomic E-state index is 14.0. The standard InChI is InChI=1S/C33H34F2N10/c1-19-24(22-15-40-41-16-22)6-5-7-25(19)30(27-17-45(44-43-27)33(8-9-33)31(34)35)42-23-10-20(12-36)28-26(11-23)29(21(13-37)14-38-28)39-18-32(2,3)4/h5-7,10-11,14-17,30-31,42-44H,8-9,18H2,1-4H3,(H,38,39)(H,40,41)/t30-/m0/s1. The molecule has 45 heavy (non-hydrogen) atoms. The molecule has 4 aromatic rings. The Labute approximate surface area is 260 Å². The second-order valence-corrected chi connectivity index (χ2v) is 12.8. The minimum atomic E-state index is -2.51. The van der Waals surface area contributed by atoms with Gasteiger partial charge >= 0.3 is 0 Å². The summed E-state index contributed by atoms with van der Waals surface area (Å²) in [6.07, 6.45) is 4.99. The van der Waals surface area contributed by atoms with Gasteiger partial charge in [0.15, 0.2) is 0 Å². The second-order valence-electron chi connectivity index (χ2n) is 12.8. The van der Waals surface area contributed by atoms with Crippen molar-refractivity contribution in [1.82, 2.24) is 31.2 Å². The number of nitrogens with zero attached hydrogens (tertiary/aromatic N) is 5. The van der Waals surface area contributed by atoms with Crippen LogP contribution in [0, 0.1) is 35.0 Å². The maximum Gasteiger partial charge on any atom is 0.262 e. The normalized spacial score (nSPS) is 16.1. The Morgan fingerprint density at radius 2 is 1.89 bits per heavy atom. The molecule has 0 unspecified atom stereocenters. The van der Waals surface area contributed by atoms with E-state index in [-0.39, 0.29) is 5.41 Å². The van der Waals surface area contributed by atoms with Crippen LogP contribution in [-0.4, -0.2) is 38.7 Å². The molecule has 10 nitrogen and oxygen atoms in total. The first kappa shape index (κ1) is 29.9. The zero-order chi connectivity index (χ0) is 31.9. The lowest BCUT2D eigenvalue weighted by molar-refractivity contribution is 0.00911. The average molecular weight is 609 g/mol. The minimum absolute atomic E-state index is 0.0739. The summed E-state index contributed by atoms with van der Waals surface area (Å²) in [4.78, 5) is 4.47. The van der Waals surface area contributed by atoms with Crippen LogP contribution in [0.25, 0.3) is 22.0 Å². The third kappa shape index (κ3) is 5.61. The van der Waals surface area contributed by atoms with Crippen molar-refractivity contribution < 1.29 is 8.78 Å². The van der Waals surface area contributed by atoms with Crippen LogP contribution in [0.3, 0.4) is 0 Å². The van der Waals surface area contributed by atoms with Gasteiger partial charge in [0.25, 0.3) is 6.43 Å². The summed E-state index contributed by atoms with van der Waals surface area (Å²) in [6.45, 7) is 8.87. The molecular weight excluding hydrogens is 574 g/mol. The van der Waals surface area contributed by atoms with Crippen molar-refractivity contribution in [3.05, 3.63) is 83.1 Å². The maximum absolute atomic E-state index is 14.0. The molecule has 1 aliphatic carbocycles. The van der Waals surface area contributed by atoms with Crippen molar-refractivity contribution >= 4 is 22.3 Å². The van der Waals surface area contributed by atoms with Gasteiger partial charge in [0.05, 0.1) is 40.3 Å². The monoisotopic (exact) mass is 608 g/mol. The highest BCUT2D eigenvalue weighted by atomic mass is 19.3. The molecule has 6 rings (SSSR count). The number of hydrogen-bond acceptors (Lipinski definition) is 9. The first-order chi connectivity index (χ1) is 21.5. The summed E-state index contributed by atoms with van der Waals surface area (Å²) in [6, 6.07) is 13.5. The Bertz CT molecular complexity index is 1860. The number of alkyl halides is 2. The van der Waals surface area contributed by atoms with E-state index in [0.717, 1.165) is 22.3 Å². The molecule has 1 aliphatic heterocycles. The molecular formula is C33H34F2N10. The van der Waals surface area contributed by atoms with Gasteiger partial charge in [-0.2, -0.15) is 15.6 Å². The van der Waals surface area contributed by atoms with Crippen molar-refractivity contribution in [3.63, 3.8) is 0 Å². The number of fused-ring (bicyclic) bond motifs is 1. The van der Waals surface area contributed by atoms with Gasteiger partial charge in [0.2, 0.25) is 0 Å². The number of nitriles is 2. The van der Waals surface area contributed by atoms with E-state index < -0.39 is 18.0 Å². The molecule has 1 saturated carbocycles. The molecule has 12 heteroatoms. The number of hydrogen-bond donors (Lipinski definition) is 5. The minimum Gasteiger partial charge on any atom is -0.383 e. The van der Waals surface area contributed by atoms with Gasteiger partial charge in [-0.1, -0.05) is 39.0 Å². The van der Waals surface area contributed by atoms with Crippen molar-refractivity contribution in [2.75, 3.05) is 17.2 Å². The molecule has 0 saturated heterocycles. The molecule has 230 valence electrons. The number of pyridine rings is 1. The molecule has 0 radical (unpaired) electrons. The van der Waals surface area contributed by atoms with E-state index in [2.05, 4.69) is 69.7 Å². The number of rotatable bonds is 9. The highest BCUT2D eigenvalue weighted by Crippen LogP contribution is 2.47. The average Bonchev–Trinajstić information content (AvgIpc) is 3.39. The first-order valence-corrected chi connectivity index (χ1v) is 14.7. The van der Waals surface area contributed by atoms with Crippen molar-refractivity contribution in [2.45, 2.75) is 58.5 Å². The molecule has 3 heterocycles. The molecule has 1 atom stereocenters. The van der Waals surface area contributed by atoms with Crippen LogP contribution in [-0.2, 0) is 0 Å². The van der Waals surface area contributed by atoms with Crippen LogP contribution in [0.15, 0.2) is 60.8 Å². The van der Waals surface area contributed by atoms with Gasteiger partial charge < -0.3 is 16.1 Å². The van der Waals surface area contributed by atoms with Crippen LogP contribution < -0.4 is 21.6 Å². The van der Waals surface area contributed by atoms with Gasteiger partial charge in [-0.25, -0.2) is 8.78 Å². The van der Waals surface area contributed by atoms with Crippen LogP contribution in [0.5, 0.6) is 0 Å². The van der Waals surface area contributed by atoms with E-state index in [1.807, 2.05) is 37.4 Å². The third-order valence-corrected chi connectivity index (χ3v) is 8.36. The van der Waals surface area contributed by atoms with Crippen molar-refractivity contribution in [3.8, 4) is 23.3 Å².